The van der Waals surface area contributed by atoms with Crippen molar-refractivity contribution in [1.29, 1.82) is 0 Å². The molecule has 0 unspecified atom stereocenters. The summed E-state index contributed by atoms with van der Waals surface area (Å²) in [5.41, 5.74) is -0.198. The average Bonchev–Trinajstić information content (AvgIpc) is 3.19. The number of carbonyl (C=O) groups excluding carboxylic acids is 1. The predicted molar refractivity (Wildman–Crippen MR) is 124 cm³/mol. The lowest BCUT2D eigenvalue weighted by Gasteiger charge is -2.28. The monoisotopic (exact) mass is 454 g/mol. The number of aromatic nitrogens is 4. The number of imidazole rings is 1. The summed E-state index contributed by atoms with van der Waals surface area (Å²) in [5.74, 6) is 6.13. The summed E-state index contributed by atoms with van der Waals surface area (Å²) < 4.78 is 4.01. The van der Waals surface area contributed by atoms with Gasteiger partial charge < -0.3 is 10.2 Å². The van der Waals surface area contributed by atoms with Crippen LogP contribution in [0.4, 0.5) is 5.95 Å². The lowest BCUT2D eigenvalue weighted by molar-refractivity contribution is 0.0971. The highest BCUT2D eigenvalue weighted by Crippen LogP contribution is 2.21. The Hall–Kier alpha value is -3.35. The van der Waals surface area contributed by atoms with Crippen LogP contribution in [0.1, 0.15) is 17.3 Å². The number of rotatable bonds is 5. The summed E-state index contributed by atoms with van der Waals surface area (Å²) in [6.07, 6.45) is 0. The third kappa shape index (κ3) is 3.95. The molecule has 166 valence electrons. The van der Waals surface area contributed by atoms with Gasteiger partial charge in [-0.2, -0.15) is 4.98 Å². The molecular formula is C22H23ClN6O3. The van der Waals surface area contributed by atoms with Crippen LogP contribution >= 0.6 is 11.6 Å². The quantitative estimate of drug-likeness (QED) is 0.454. The lowest BCUT2D eigenvalue weighted by Crippen LogP contribution is -2.44. The minimum atomic E-state index is -0.595. The molecule has 1 aliphatic rings. The third-order valence-electron chi connectivity index (χ3n) is 5.49. The largest absolute Gasteiger partial charge is 0.340 e. The highest BCUT2D eigenvalue weighted by Gasteiger charge is 2.25. The Morgan fingerprint density at radius 1 is 1.16 bits per heavy atom. The van der Waals surface area contributed by atoms with E-state index in [0.29, 0.717) is 29.6 Å². The van der Waals surface area contributed by atoms with Crippen LogP contribution in [0.25, 0.3) is 11.2 Å². The number of nitrogens with one attached hydrogen (secondary N) is 1. The van der Waals surface area contributed by atoms with E-state index in [1.165, 1.54) is 11.6 Å². The Balaban J connectivity index is 1.90. The van der Waals surface area contributed by atoms with Crippen molar-refractivity contribution >= 4 is 34.5 Å². The molecule has 0 saturated carbocycles. The molecule has 0 amide bonds. The molecule has 1 saturated heterocycles. The normalized spacial score (nSPS) is 13.8. The predicted octanol–water partition coefficient (Wildman–Crippen LogP) is 0.866. The molecule has 0 atom stereocenters. The molecule has 1 fully saturated rings. The second kappa shape index (κ2) is 9.02. The van der Waals surface area contributed by atoms with Gasteiger partial charge in [-0.15, -0.1) is 5.92 Å². The molecule has 10 heteroatoms. The maximum atomic E-state index is 13.1. The van der Waals surface area contributed by atoms with Crippen LogP contribution in [0, 0.1) is 11.8 Å². The minimum absolute atomic E-state index is 0.187. The molecule has 0 bridgehead atoms. The Labute approximate surface area is 189 Å². The Bertz CT molecular complexity index is 1350. The minimum Gasteiger partial charge on any atom is -0.340 e. The van der Waals surface area contributed by atoms with E-state index in [-0.39, 0.29) is 30.0 Å². The van der Waals surface area contributed by atoms with Gasteiger partial charge in [0.05, 0.1) is 13.1 Å². The van der Waals surface area contributed by atoms with E-state index in [1.807, 2.05) is 0 Å². The summed E-state index contributed by atoms with van der Waals surface area (Å²) in [5, 5.41) is 3.80. The van der Waals surface area contributed by atoms with E-state index < -0.39 is 11.2 Å². The molecular weight excluding hydrogens is 432 g/mol. The van der Waals surface area contributed by atoms with Gasteiger partial charge >= 0.3 is 5.69 Å². The Kier molecular flexibility index (Phi) is 6.17. The first-order valence-corrected chi connectivity index (χ1v) is 10.6. The number of benzene rings is 1. The van der Waals surface area contributed by atoms with Crippen LogP contribution in [0.3, 0.4) is 0 Å². The van der Waals surface area contributed by atoms with Crippen molar-refractivity contribution in [3.8, 4) is 11.8 Å². The lowest BCUT2D eigenvalue weighted by atomic mass is 10.1. The molecule has 1 aliphatic heterocycles. The molecule has 0 aliphatic carbocycles. The van der Waals surface area contributed by atoms with Gasteiger partial charge in [0.15, 0.2) is 16.9 Å². The maximum Gasteiger partial charge on any atom is 0.332 e. The zero-order chi connectivity index (χ0) is 22.8. The first kappa shape index (κ1) is 21.9. The zero-order valence-electron chi connectivity index (χ0n) is 17.9. The summed E-state index contributed by atoms with van der Waals surface area (Å²) in [6, 6.07) is 6.45. The summed E-state index contributed by atoms with van der Waals surface area (Å²) in [6.45, 7) is 4.70. The van der Waals surface area contributed by atoms with Crippen molar-refractivity contribution in [3.05, 3.63) is 55.7 Å². The van der Waals surface area contributed by atoms with Crippen molar-refractivity contribution < 1.29 is 4.79 Å². The first-order chi connectivity index (χ1) is 15.4. The number of carbonyl (C=O) groups is 1. The Morgan fingerprint density at radius 3 is 2.50 bits per heavy atom. The fraction of sp³-hybridized carbons (Fsp3) is 0.364. The summed E-state index contributed by atoms with van der Waals surface area (Å²) in [7, 11) is 1.40. The highest BCUT2D eigenvalue weighted by atomic mass is 35.5. The first-order valence-electron chi connectivity index (χ1n) is 10.3. The van der Waals surface area contributed by atoms with E-state index in [0.717, 1.165) is 17.7 Å². The summed E-state index contributed by atoms with van der Waals surface area (Å²) in [4.78, 5) is 45.7. The van der Waals surface area contributed by atoms with E-state index in [9.17, 15) is 14.4 Å². The SMILES string of the molecule is CC#CCn1c(N2CCNCC2)nc2c1c(=O)n(C)c(=O)n2CC(=O)c1ccc(Cl)cc1. The molecule has 32 heavy (non-hydrogen) atoms. The van der Waals surface area contributed by atoms with Gasteiger partial charge in [-0.3, -0.25) is 23.3 Å². The molecule has 1 N–H and O–H groups in total. The molecule has 2 aromatic heterocycles. The van der Waals surface area contributed by atoms with Crippen LogP contribution in [-0.4, -0.2) is 50.6 Å². The fourth-order valence-corrected chi connectivity index (χ4v) is 3.90. The van der Waals surface area contributed by atoms with Crippen molar-refractivity contribution in [3.63, 3.8) is 0 Å². The number of Topliss-reactive ketones (excluding diaryl/α,β-unsaturated/α-hetero) is 1. The number of halogens is 1. The standard InChI is InChI=1S/C22H23ClN6O3/c1-3-4-11-28-18-19(25-21(28)27-12-9-24-10-13-27)29(22(32)26(2)20(18)31)14-17(30)15-5-7-16(23)8-6-15/h5-8,24H,9-14H2,1-2H3. The molecule has 3 heterocycles. The van der Waals surface area contributed by atoms with Crippen molar-refractivity contribution in [2.75, 3.05) is 31.1 Å². The van der Waals surface area contributed by atoms with Crippen LogP contribution in [-0.2, 0) is 20.1 Å². The summed E-state index contributed by atoms with van der Waals surface area (Å²) >= 11 is 5.92. The topological polar surface area (TPSA) is 94.2 Å². The van der Waals surface area contributed by atoms with Gasteiger partial charge in [0.1, 0.15) is 0 Å². The van der Waals surface area contributed by atoms with Crippen LogP contribution < -0.4 is 21.5 Å². The van der Waals surface area contributed by atoms with Gasteiger partial charge in [-0.25, -0.2) is 4.79 Å². The number of piperazine rings is 1. The van der Waals surface area contributed by atoms with Gasteiger partial charge in [-0.1, -0.05) is 17.5 Å². The van der Waals surface area contributed by atoms with E-state index >= 15 is 0 Å². The molecule has 9 nitrogen and oxygen atoms in total. The average molecular weight is 455 g/mol. The smallest absolute Gasteiger partial charge is 0.332 e. The van der Waals surface area contributed by atoms with E-state index in [2.05, 4.69) is 27.0 Å². The molecule has 4 rings (SSSR count). The van der Waals surface area contributed by atoms with Gasteiger partial charge in [0, 0.05) is 43.8 Å². The van der Waals surface area contributed by atoms with Gasteiger partial charge in [0.25, 0.3) is 5.56 Å². The number of anilines is 1. The second-order valence-electron chi connectivity index (χ2n) is 7.50. The molecule has 1 aromatic carbocycles. The molecule has 0 spiro atoms. The van der Waals surface area contributed by atoms with Crippen LogP contribution in [0.2, 0.25) is 5.02 Å². The highest BCUT2D eigenvalue weighted by molar-refractivity contribution is 6.30. The number of nitrogens with zero attached hydrogens (tertiary/aromatic N) is 5. The number of fused-ring (bicyclic) bond motifs is 1. The van der Waals surface area contributed by atoms with Crippen LogP contribution in [0.5, 0.6) is 0 Å². The van der Waals surface area contributed by atoms with Crippen molar-refractivity contribution in [2.45, 2.75) is 20.0 Å². The zero-order valence-corrected chi connectivity index (χ0v) is 18.6. The third-order valence-corrected chi connectivity index (χ3v) is 5.74. The number of hydrogen-bond donors (Lipinski definition) is 1. The molecule has 0 radical (unpaired) electrons. The van der Waals surface area contributed by atoms with Gasteiger partial charge in [-0.05, 0) is 31.2 Å². The van der Waals surface area contributed by atoms with E-state index in [4.69, 9.17) is 11.6 Å². The van der Waals surface area contributed by atoms with E-state index in [1.54, 1.807) is 35.8 Å². The fourth-order valence-electron chi connectivity index (χ4n) is 3.77. The maximum absolute atomic E-state index is 13.1. The number of hydrogen-bond acceptors (Lipinski definition) is 6. The number of ketones is 1. The Morgan fingerprint density at radius 2 is 1.84 bits per heavy atom. The second-order valence-corrected chi connectivity index (χ2v) is 7.93. The molecule has 3 aromatic rings. The van der Waals surface area contributed by atoms with Crippen LogP contribution in [0.15, 0.2) is 33.9 Å². The van der Waals surface area contributed by atoms with Gasteiger partial charge in [0.2, 0.25) is 5.95 Å². The van der Waals surface area contributed by atoms with Crippen molar-refractivity contribution in [2.24, 2.45) is 7.05 Å². The van der Waals surface area contributed by atoms with Crippen molar-refractivity contribution in [1.82, 2.24) is 24.0 Å².